The van der Waals surface area contributed by atoms with Crippen LogP contribution in [0.4, 0.5) is 4.79 Å². The van der Waals surface area contributed by atoms with Crippen molar-refractivity contribution >= 4 is 50.8 Å². The van der Waals surface area contributed by atoms with Crippen LogP contribution in [0.5, 0.6) is 11.5 Å². The molecule has 4 rings (SSSR count). The molecule has 0 aliphatic carbocycles. The predicted octanol–water partition coefficient (Wildman–Crippen LogP) is 5.87. The third-order valence-electron chi connectivity index (χ3n) is 6.01. The first kappa shape index (κ1) is 26.3. The second-order valence-corrected chi connectivity index (χ2v) is 10.4. The highest BCUT2D eigenvalue weighted by Gasteiger charge is 2.37. The molecule has 7 nitrogen and oxygen atoms in total. The maximum atomic E-state index is 13.0. The molecular weight excluding hydrogens is 544 g/mol. The number of likely N-dealkylation sites (tertiary alicyclic amines) is 1. The Bertz CT molecular complexity index is 1150. The second-order valence-electron chi connectivity index (χ2n) is 8.59. The van der Waals surface area contributed by atoms with Crippen molar-refractivity contribution in [2.24, 2.45) is 0 Å². The number of imide groups is 1. The molecule has 190 valence electrons. The molecule has 2 heterocycles. The van der Waals surface area contributed by atoms with Gasteiger partial charge in [-0.15, -0.1) is 0 Å². The molecule has 9 heteroatoms. The Morgan fingerprint density at radius 1 is 1.03 bits per heavy atom. The number of rotatable bonds is 8. The molecular formula is C27H29BrN2O5S. The number of hydrogen-bond donors (Lipinski definition) is 0. The lowest BCUT2D eigenvalue weighted by molar-refractivity contribution is -0.135. The molecule has 0 spiro atoms. The van der Waals surface area contributed by atoms with Crippen LogP contribution in [-0.4, -0.2) is 53.1 Å². The van der Waals surface area contributed by atoms with E-state index in [9.17, 15) is 14.4 Å². The van der Waals surface area contributed by atoms with Crippen LogP contribution in [0.2, 0.25) is 0 Å². The van der Waals surface area contributed by atoms with Crippen LogP contribution < -0.4 is 9.47 Å². The van der Waals surface area contributed by atoms with Crippen molar-refractivity contribution in [3.63, 3.8) is 0 Å². The summed E-state index contributed by atoms with van der Waals surface area (Å²) in [5.74, 6) is 0.474. The number of benzene rings is 2. The average Bonchev–Trinajstić information content (AvgIpc) is 3.06. The van der Waals surface area contributed by atoms with Crippen LogP contribution in [0.1, 0.15) is 43.7 Å². The summed E-state index contributed by atoms with van der Waals surface area (Å²) in [6.07, 6.45) is 5.75. The zero-order valence-electron chi connectivity index (χ0n) is 20.2. The molecule has 0 atom stereocenters. The van der Waals surface area contributed by atoms with E-state index in [4.69, 9.17) is 9.47 Å². The maximum Gasteiger partial charge on any atom is 0.294 e. The van der Waals surface area contributed by atoms with Gasteiger partial charge in [0.1, 0.15) is 13.2 Å². The molecule has 2 saturated heterocycles. The highest BCUT2D eigenvalue weighted by molar-refractivity contribution is 9.10. The normalized spacial score (nSPS) is 17.4. The number of carbonyl (C=O) groups is 3. The Labute approximate surface area is 223 Å². The van der Waals surface area contributed by atoms with Crippen molar-refractivity contribution in [1.29, 1.82) is 0 Å². The minimum atomic E-state index is -0.456. The lowest BCUT2D eigenvalue weighted by Crippen LogP contribution is -2.42. The predicted molar refractivity (Wildman–Crippen MR) is 144 cm³/mol. The average molecular weight is 574 g/mol. The van der Waals surface area contributed by atoms with Crippen LogP contribution in [0.25, 0.3) is 6.08 Å². The number of nitrogens with zero attached hydrogens (tertiary/aromatic N) is 2. The Balaban J connectivity index is 1.49. The van der Waals surface area contributed by atoms with E-state index in [2.05, 4.69) is 15.9 Å². The lowest BCUT2D eigenvalue weighted by Gasteiger charge is -2.22. The molecule has 2 aromatic carbocycles. The van der Waals surface area contributed by atoms with Gasteiger partial charge >= 0.3 is 0 Å². The van der Waals surface area contributed by atoms with Gasteiger partial charge in [-0.05, 0) is 60.9 Å². The summed E-state index contributed by atoms with van der Waals surface area (Å²) in [5, 5.41) is -0.432. The smallest absolute Gasteiger partial charge is 0.294 e. The van der Waals surface area contributed by atoms with Crippen molar-refractivity contribution in [1.82, 2.24) is 9.80 Å². The van der Waals surface area contributed by atoms with Gasteiger partial charge in [-0.1, -0.05) is 59.1 Å². The summed E-state index contributed by atoms with van der Waals surface area (Å²) in [7, 11) is 0. The number of amides is 3. The number of carbonyl (C=O) groups excluding carboxylic acids is 3. The molecule has 0 N–H and O–H groups in total. The van der Waals surface area contributed by atoms with E-state index in [0.717, 1.165) is 47.9 Å². The van der Waals surface area contributed by atoms with Crippen LogP contribution in [0.3, 0.4) is 0 Å². The quantitative estimate of drug-likeness (QED) is 0.368. The van der Waals surface area contributed by atoms with Crippen molar-refractivity contribution in [3.05, 3.63) is 63.0 Å². The molecule has 0 radical (unpaired) electrons. The number of thioether (sulfide) groups is 1. The van der Waals surface area contributed by atoms with Gasteiger partial charge in [0.05, 0.1) is 11.5 Å². The van der Waals surface area contributed by atoms with Gasteiger partial charge < -0.3 is 14.4 Å². The third-order valence-corrected chi connectivity index (χ3v) is 7.61. The van der Waals surface area contributed by atoms with Gasteiger partial charge in [-0.3, -0.25) is 19.3 Å². The second kappa shape index (κ2) is 12.5. The monoisotopic (exact) mass is 572 g/mol. The molecule has 0 bridgehead atoms. The van der Waals surface area contributed by atoms with Gasteiger partial charge in [-0.25, -0.2) is 0 Å². The molecule has 0 saturated carbocycles. The summed E-state index contributed by atoms with van der Waals surface area (Å²) < 4.78 is 12.5. The number of halogens is 1. The molecule has 2 aromatic rings. The topological polar surface area (TPSA) is 76.2 Å². The van der Waals surface area contributed by atoms with E-state index in [0.29, 0.717) is 47.8 Å². The zero-order valence-corrected chi connectivity index (χ0v) is 22.6. The first-order chi connectivity index (χ1) is 17.5. The Hall–Kier alpha value is -2.78. The van der Waals surface area contributed by atoms with Gasteiger partial charge in [0.2, 0.25) is 5.91 Å². The van der Waals surface area contributed by atoms with E-state index in [-0.39, 0.29) is 17.4 Å². The van der Waals surface area contributed by atoms with Crippen molar-refractivity contribution < 1.29 is 23.9 Å². The van der Waals surface area contributed by atoms with E-state index >= 15 is 0 Å². The minimum absolute atomic E-state index is 0.180. The molecule has 0 unspecified atom stereocenters. The molecule has 36 heavy (non-hydrogen) atoms. The molecule has 2 aliphatic rings. The summed E-state index contributed by atoms with van der Waals surface area (Å²) in [4.78, 5) is 41.4. The van der Waals surface area contributed by atoms with Crippen molar-refractivity contribution in [3.8, 4) is 11.5 Å². The first-order valence-electron chi connectivity index (χ1n) is 12.1. The van der Waals surface area contributed by atoms with Crippen molar-refractivity contribution in [2.75, 3.05) is 26.2 Å². The van der Waals surface area contributed by atoms with E-state index < -0.39 is 11.1 Å². The van der Waals surface area contributed by atoms with Crippen LogP contribution in [-0.2, 0) is 16.2 Å². The van der Waals surface area contributed by atoms with E-state index in [1.54, 1.807) is 23.1 Å². The van der Waals surface area contributed by atoms with Crippen LogP contribution in [0.15, 0.2) is 51.8 Å². The Kier molecular flexibility index (Phi) is 9.09. The summed E-state index contributed by atoms with van der Waals surface area (Å²) in [5.41, 5.74) is 1.71. The van der Waals surface area contributed by atoms with Crippen LogP contribution >= 0.6 is 27.7 Å². The summed E-state index contributed by atoms with van der Waals surface area (Å²) in [6.45, 7) is 3.84. The van der Waals surface area contributed by atoms with Gasteiger partial charge in [0, 0.05) is 17.6 Å². The largest absolute Gasteiger partial charge is 0.490 e. The SMILES string of the molecule is CCOc1cc(C=C2SC(=O)N(CC(=O)N3CCCCCC3)C2=O)c(Br)cc1OCc1ccccc1. The summed E-state index contributed by atoms with van der Waals surface area (Å²) in [6, 6.07) is 13.4. The van der Waals surface area contributed by atoms with Gasteiger partial charge in [-0.2, -0.15) is 0 Å². The molecule has 2 aliphatic heterocycles. The lowest BCUT2D eigenvalue weighted by atomic mass is 10.1. The van der Waals surface area contributed by atoms with Crippen molar-refractivity contribution in [2.45, 2.75) is 39.2 Å². The third kappa shape index (κ3) is 6.50. The fourth-order valence-electron chi connectivity index (χ4n) is 4.11. The number of hydrogen-bond acceptors (Lipinski definition) is 6. The summed E-state index contributed by atoms with van der Waals surface area (Å²) >= 11 is 4.40. The first-order valence-corrected chi connectivity index (χ1v) is 13.7. The van der Waals surface area contributed by atoms with E-state index in [1.807, 2.05) is 37.3 Å². The molecule has 3 amide bonds. The van der Waals surface area contributed by atoms with Gasteiger partial charge in [0.15, 0.2) is 11.5 Å². The molecule has 0 aromatic heterocycles. The Morgan fingerprint density at radius 3 is 2.42 bits per heavy atom. The van der Waals surface area contributed by atoms with Crippen LogP contribution in [0, 0.1) is 0 Å². The number of ether oxygens (including phenoxy) is 2. The molecule has 2 fully saturated rings. The standard InChI is InChI=1S/C27H29BrN2O5S/c1-2-34-22-14-20(21(28)16-23(22)35-18-19-10-6-5-7-11-19)15-24-26(32)30(27(33)36-24)17-25(31)29-12-8-3-4-9-13-29/h5-7,10-11,14-16H,2-4,8-9,12-13,17-18H2,1H3. The minimum Gasteiger partial charge on any atom is -0.490 e. The zero-order chi connectivity index (χ0) is 25.5. The maximum absolute atomic E-state index is 13.0. The van der Waals surface area contributed by atoms with E-state index in [1.165, 1.54) is 0 Å². The fourth-order valence-corrected chi connectivity index (χ4v) is 5.38. The van der Waals surface area contributed by atoms with Gasteiger partial charge in [0.25, 0.3) is 11.1 Å². The highest BCUT2D eigenvalue weighted by atomic mass is 79.9. The highest BCUT2D eigenvalue weighted by Crippen LogP contribution is 2.38. The Morgan fingerprint density at radius 2 is 1.72 bits per heavy atom. The fraction of sp³-hybridized carbons (Fsp3) is 0.370.